The monoisotopic (exact) mass is 417 g/mol. The molecule has 2 aliphatic rings. The van der Waals surface area contributed by atoms with Gasteiger partial charge in [-0.15, -0.1) is 0 Å². The third-order valence-corrected chi connectivity index (χ3v) is 5.44. The summed E-state index contributed by atoms with van der Waals surface area (Å²) in [5.74, 6) is 2.76. The number of methoxy groups -OCH3 is 1. The molecule has 1 unspecified atom stereocenters. The van der Waals surface area contributed by atoms with Crippen LogP contribution in [0.15, 0.2) is 17.1 Å². The fourth-order valence-corrected chi connectivity index (χ4v) is 4.00. The van der Waals surface area contributed by atoms with E-state index in [0.29, 0.717) is 13.1 Å². The maximum Gasteiger partial charge on any atom is 0.234 e. The number of ether oxygens (including phenoxy) is 2. The lowest BCUT2D eigenvalue weighted by molar-refractivity contribution is -0.123. The van der Waals surface area contributed by atoms with Gasteiger partial charge in [-0.3, -0.25) is 14.7 Å². The lowest BCUT2D eigenvalue weighted by Crippen LogP contribution is -2.54. The van der Waals surface area contributed by atoms with Gasteiger partial charge < -0.3 is 25.0 Å². The summed E-state index contributed by atoms with van der Waals surface area (Å²) in [5, 5.41) is 6.41. The maximum absolute atomic E-state index is 12.0. The summed E-state index contributed by atoms with van der Waals surface area (Å²) in [5.41, 5.74) is 2.25. The summed E-state index contributed by atoms with van der Waals surface area (Å²) in [7, 11) is 3.50. The topological polar surface area (TPSA) is 78.4 Å². The highest BCUT2D eigenvalue weighted by Crippen LogP contribution is 2.34. The van der Waals surface area contributed by atoms with Crippen LogP contribution in [0, 0.1) is 0 Å². The Morgan fingerprint density at radius 1 is 1.30 bits per heavy atom. The number of rotatable bonds is 6. The molecule has 1 aromatic rings. The number of nitrogens with one attached hydrogen (secondary N) is 2. The summed E-state index contributed by atoms with van der Waals surface area (Å²) in [6, 6.07) is 4.33. The zero-order chi connectivity index (χ0) is 21.7. The second kappa shape index (κ2) is 10.0. The molecule has 1 aromatic carbocycles. The predicted molar refractivity (Wildman–Crippen MR) is 118 cm³/mol. The molecule has 30 heavy (non-hydrogen) atoms. The van der Waals surface area contributed by atoms with Crippen molar-refractivity contribution >= 4 is 11.9 Å². The number of hydrogen-bond donors (Lipinski definition) is 2. The number of nitrogens with zero attached hydrogens (tertiary/aromatic N) is 3. The van der Waals surface area contributed by atoms with E-state index in [1.54, 1.807) is 14.2 Å². The molecule has 8 heteroatoms. The van der Waals surface area contributed by atoms with Crippen molar-refractivity contribution in [1.29, 1.82) is 0 Å². The van der Waals surface area contributed by atoms with Crippen LogP contribution in [0.3, 0.4) is 0 Å². The van der Waals surface area contributed by atoms with Gasteiger partial charge >= 0.3 is 0 Å². The second-order valence-electron chi connectivity index (χ2n) is 8.29. The molecule has 2 N–H and O–H groups in total. The smallest absolute Gasteiger partial charge is 0.234 e. The van der Waals surface area contributed by atoms with Crippen LogP contribution < -0.4 is 20.1 Å². The zero-order valence-corrected chi connectivity index (χ0v) is 18.8. The van der Waals surface area contributed by atoms with Crippen molar-refractivity contribution in [3.05, 3.63) is 23.3 Å². The molecule has 0 aliphatic carbocycles. The Kier molecular flexibility index (Phi) is 7.42. The average molecular weight is 418 g/mol. The van der Waals surface area contributed by atoms with Crippen molar-refractivity contribution in [2.24, 2.45) is 4.99 Å². The lowest BCUT2D eigenvalue weighted by atomic mass is 10.1. The van der Waals surface area contributed by atoms with Gasteiger partial charge in [0.1, 0.15) is 17.6 Å². The van der Waals surface area contributed by atoms with E-state index in [0.717, 1.165) is 55.6 Å². The first-order chi connectivity index (χ1) is 14.4. The van der Waals surface area contributed by atoms with Crippen molar-refractivity contribution in [3.8, 4) is 11.5 Å². The molecule has 3 rings (SSSR count). The molecule has 1 atom stereocenters. The highest BCUT2D eigenvalue weighted by molar-refractivity contribution is 5.80. The van der Waals surface area contributed by atoms with Gasteiger partial charge in [0.25, 0.3) is 0 Å². The van der Waals surface area contributed by atoms with E-state index in [2.05, 4.69) is 44.5 Å². The fourth-order valence-electron chi connectivity index (χ4n) is 4.00. The van der Waals surface area contributed by atoms with Gasteiger partial charge in [0.05, 0.1) is 13.7 Å². The van der Waals surface area contributed by atoms with Gasteiger partial charge in [0.2, 0.25) is 5.91 Å². The molecule has 0 spiro atoms. The van der Waals surface area contributed by atoms with Gasteiger partial charge in [-0.25, -0.2) is 0 Å². The van der Waals surface area contributed by atoms with E-state index in [-0.39, 0.29) is 18.1 Å². The molecule has 166 valence electrons. The molecule has 1 amide bonds. The summed E-state index contributed by atoms with van der Waals surface area (Å²) >= 11 is 0. The van der Waals surface area contributed by atoms with Crippen LogP contribution in [-0.4, -0.2) is 80.7 Å². The Bertz CT molecular complexity index is 772. The molecule has 1 saturated heterocycles. The molecule has 1 fully saturated rings. The summed E-state index contributed by atoms with van der Waals surface area (Å²) in [6.45, 7) is 10.4. The van der Waals surface area contributed by atoms with Crippen LogP contribution in [0.2, 0.25) is 0 Å². The van der Waals surface area contributed by atoms with Gasteiger partial charge in [-0.05, 0) is 32.9 Å². The number of carbonyl (C=O) groups is 1. The molecular weight excluding hydrogens is 382 g/mol. The molecule has 8 nitrogen and oxygen atoms in total. The first-order valence-corrected chi connectivity index (χ1v) is 10.7. The zero-order valence-electron chi connectivity index (χ0n) is 18.8. The Morgan fingerprint density at radius 3 is 2.67 bits per heavy atom. The SMILES string of the molecule is CN=C(NCc1cc2c(cc1OC)CC(C)O2)N1CCN(CC(=O)NC(C)C)CC1. The number of benzene rings is 1. The Morgan fingerprint density at radius 2 is 2.03 bits per heavy atom. The minimum Gasteiger partial charge on any atom is -0.496 e. The average Bonchev–Trinajstić information content (AvgIpc) is 3.07. The summed E-state index contributed by atoms with van der Waals surface area (Å²) < 4.78 is 11.5. The number of guanidine groups is 1. The van der Waals surface area contributed by atoms with Crippen molar-refractivity contribution in [2.45, 2.75) is 45.9 Å². The van der Waals surface area contributed by atoms with Crippen LogP contribution in [-0.2, 0) is 17.8 Å². The van der Waals surface area contributed by atoms with Crippen LogP contribution in [0.4, 0.5) is 0 Å². The molecular formula is C22H35N5O3. The first-order valence-electron chi connectivity index (χ1n) is 10.7. The van der Waals surface area contributed by atoms with E-state index < -0.39 is 0 Å². The fraction of sp³-hybridized carbons (Fsp3) is 0.636. The number of aliphatic imine (C=N–C) groups is 1. The maximum atomic E-state index is 12.0. The van der Waals surface area contributed by atoms with Gasteiger partial charge in [-0.2, -0.15) is 0 Å². The van der Waals surface area contributed by atoms with Crippen molar-refractivity contribution in [2.75, 3.05) is 46.9 Å². The van der Waals surface area contributed by atoms with Crippen molar-refractivity contribution < 1.29 is 14.3 Å². The van der Waals surface area contributed by atoms with Crippen LogP contribution in [0.5, 0.6) is 11.5 Å². The molecule has 2 heterocycles. The first kappa shape index (κ1) is 22.2. The minimum absolute atomic E-state index is 0.0844. The van der Waals surface area contributed by atoms with Crippen LogP contribution >= 0.6 is 0 Å². The summed E-state index contributed by atoms with van der Waals surface area (Å²) in [6.07, 6.45) is 1.13. The lowest BCUT2D eigenvalue weighted by Gasteiger charge is -2.36. The van der Waals surface area contributed by atoms with Gasteiger partial charge in [0, 0.05) is 63.4 Å². The number of fused-ring (bicyclic) bond motifs is 1. The summed E-state index contributed by atoms with van der Waals surface area (Å²) in [4.78, 5) is 20.9. The van der Waals surface area contributed by atoms with Crippen LogP contribution in [0.25, 0.3) is 0 Å². The molecule has 0 bridgehead atoms. The molecule has 0 aromatic heterocycles. The Balaban J connectivity index is 1.54. The van der Waals surface area contributed by atoms with E-state index in [1.807, 2.05) is 13.8 Å². The Hall–Kier alpha value is -2.48. The van der Waals surface area contributed by atoms with Crippen LogP contribution in [0.1, 0.15) is 31.9 Å². The number of carbonyl (C=O) groups excluding carboxylic acids is 1. The number of amides is 1. The molecule has 0 saturated carbocycles. The van der Waals surface area contributed by atoms with E-state index in [9.17, 15) is 4.79 Å². The standard InChI is InChI=1S/C22H35N5O3/c1-15(2)25-21(28)14-26-6-8-27(9-7-26)22(23-4)24-13-18-12-20-17(10-16(3)30-20)11-19(18)29-5/h11-12,15-16H,6-10,13-14H2,1-5H3,(H,23,24)(H,25,28). The normalized spacial score (nSPS) is 19.5. The second-order valence-corrected chi connectivity index (χ2v) is 8.29. The third-order valence-electron chi connectivity index (χ3n) is 5.44. The Labute approximate surface area is 179 Å². The molecule has 2 aliphatic heterocycles. The predicted octanol–water partition coefficient (Wildman–Crippen LogP) is 1.24. The molecule has 0 radical (unpaired) electrons. The van der Waals surface area contributed by atoms with E-state index in [1.165, 1.54) is 5.56 Å². The van der Waals surface area contributed by atoms with Crippen molar-refractivity contribution in [3.63, 3.8) is 0 Å². The number of hydrogen-bond acceptors (Lipinski definition) is 5. The van der Waals surface area contributed by atoms with Gasteiger partial charge in [-0.1, -0.05) is 0 Å². The largest absolute Gasteiger partial charge is 0.496 e. The third kappa shape index (κ3) is 5.56. The quantitative estimate of drug-likeness (QED) is 0.536. The van der Waals surface area contributed by atoms with E-state index in [4.69, 9.17) is 9.47 Å². The highest BCUT2D eigenvalue weighted by atomic mass is 16.5. The highest BCUT2D eigenvalue weighted by Gasteiger charge is 2.23. The van der Waals surface area contributed by atoms with Crippen molar-refractivity contribution in [1.82, 2.24) is 20.4 Å². The number of piperazine rings is 1. The van der Waals surface area contributed by atoms with Gasteiger partial charge in [0.15, 0.2) is 5.96 Å². The minimum atomic E-state index is 0.0844. The van der Waals surface area contributed by atoms with E-state index >= 15 is 0 Å².